The van der Waals surface area contributed by atoms with E-state index in [0.29, 0.717) is 45.2 Å². The van der Waals surface area contributed by atoms with Gasteiger partial charge in [-0.2, -0.15) is 0 Å². The van der Waals surface area contributed by atoms with Gasteiger partial charge in [0.1, 0.15) is 6.26 Å². The highest BCUT2D eigenvalue weighted by atomic mass is 16.7. The number of benzene rings is 2. The number of ether oxygens (including phenoxy) is 3. The van der Waals surface area contributed by atoms with Crippen LogP contribution in [0.4, 0.5) is 0 Å². The predicted molar refractivity (Wildman–Crippen MR) is 143 cm³/mol. The largest absolute Gasteiger partial charge is 0.466 e. The molecule has 2 aliphatic rings. The van der Waals surface area contributed by atoms with Crippen molar-refractivity contribution in [3.05, 3.63) is 76.5 Å². The number of amides is 1. The van der Waals surface area contributed by atoms with Crippen molar-refractivity contribution in [2.24, 2.45) is 5.92 Å². The molecule has 9 nitrogen and oxygen atoms in total. The molecule has 0 radical (unpaired) electrons. The molecule has 1 amide bonds. The molecule has 2 aliphatic heterocycles. The number of oxazole rings is 1. The monoisotopic (exact) mass is 533 g/mol. The molecule has 0 unspecified atom stereocenters. The van der Waals surface area contributed by atoms with Crippen molar-refractivity contribution >= 4 is 11.9 Å². The highest BCUT2D eigenvalue weighted by Crippen LogP contribution is 2.33. The van der Waals surface area contributed by atoms with Gasteiger partial charge in [0.25, 0.3) is 5.91 Å². The minimum Gasteiger partial charge on any atom is -0.466 e. The fourth-order valence-corrected chi connectivity index (χ4v) is 5.13. The van der Waals surface area contributed by atoms with Gasteiger partial charge in [-0.15, -0.1) is 0 Å². The average Bonchev–Trinajstić information content (AvgIpc) is 3.60. The molecule has 2 aromatic carbocycles. The summed E-state index contributed by atoms with van der Waals surface area (Å²) in [7, 11) is 0. The number of aryl methyl sites for hydroxylation is 2. The molecular weight excluding hydrogens is 498 g/mol. The predicted octanol–water partition coefficient (Wildman–Crippen LogP) is 4.64. The van der Waals surface area contributed by atoms with Crippen LogP contribution in [-0.4, -0.2) is 53.1 Å². The van der Waals surface area contributed by atoms with Gasteiger partial charge in [-0.1, -0.05) is 29.8 Å². The van der Waals surface area contributed by atoms with E-state index in [2.05, 4.69) is 41.9 Å². The summed E-state index contributed by atoms with van der Waals surface area (Å²) in [6.45, 7) is 9.20. The summed E-state index contributed by atoms with van der Waals surface area (Å²) in [6.07, 6.45) is 2.89. The fraction of sp³-hybridized carbons (Fsp3) is 0.433. The van der Waals surface area contributed by atoms with Crippen molar-refractivity contribution in [3.63, 3.8) is 0 Å². The Kier molecular flexibility index (Phi) is 8.16. The van der Waals surface area contributed by atoms with E-state index in [0.717, 1.165) is 29.9 Å². The number of likely N-dealkylation sites (tertiary alicyclic amines) is 1. The number of carbonyl (C=O) groups excluding carboxylic acids is 2. The first-order valence-electron chi connectivity index (χ1n) is 13.5. The van der Waals surface area contributed by atoms with Gasteiger partial charge in [0.2, 0.25) is 12.7 Å². The number of esters is 1. The van der Waals surface area contributed by atoms with Crippen LogP contribution < -0.4 is 9.47 Å². The van der Waals surface area contributed by atoms with E-state index in [9.17, 15) is 9.59 Å². The number of hydrogen-bond donors (Lipinski definition) is 0. The van der Waals surface area contributed by atoms with Gasteiger partial charge in [0, 0.05) is 26.2 Å². The lowest BCUT2D eigenvalue weighted by molar-refractivity contribution is -0.149. The Morgan fingerprint density at radius 3 is 2.77 bits per heavy atom. The van der Waals surface area contributed by atoms with Crippen molar-refractivity contribution in [1.29, 1.82) is 0 Å². The summed E-state index contributed by atoms with van der Waals surface area (Å²) in [5.41, 5.74) is 4.96. The third-order valence-electron chi connectivity index (χ3n) is 7.20. The average molecular weight is 534 g/mol. The molecular formula is C30H35N3O6. The molecule has 0 saturated carbocycles. The van der Waals surface area contributed by atoms with E-state index >= 15 is 0 Å². The number of rotatable bonds is 9. The molecule has 206 valence electrons. The number of hydrogen-bond acceptors (Lipinski definition) is 8. The highest BCUT2D eigenvalue weighted by molar-refractivity contribution is 5.92. The van der Waals surface area contributed by atoms with Crippen LogP contribution in [0.1, 0.15) is 58.4 Å². The third-order valence-corrected chi connectivity index (χ3v) is 7.20. The van der Waals surface area contributed by atoms with Crippen molar-refractivity contribution in [2.45, 2.75) is 53.2 Å². The number of nitrogens with zero attached hydrogens (tertiary/aromatic N) is 3. The zero-order valence-electron chi connectivity index (χ0n) is 22.8. The molecule has 0 N–H and O–H groups in total. The van der Waals surface area contributed by atoms with Crippen LogP contribution >= 0.6 is 0 Å². The summed E-state index contributed by atoms with van der Waals surface area (Å²) < 4.78 is 22.0. The summed E-state index contributed by atoms with van der Waals surface area (Å²) in [4.78, 5) is 33.9. The second-order valence-corrected chi connectivity index (χ2v) is 10.2. The molecule has 0 spiro atoms. The molecule has 1 saturated heterocycles. The van der Waals surface area contributed by atoms with Crippen LogP contribution in [0.2, 0.25) is 0 Å². The lowest BCUT2D eigenvalue weighted by Gasteiger charge is -2.30. The molecule has 5 rings (SSSR count). The first kappa shape index (κ1) is 26.7. The SMILES string of the molecule is CCOC(=O)[C@H]1CCCN(C(=O)c2coc(CN(Cc3ccc4c(c3)OCO4)Cc3cc(C)ccc3C)n2)C1. The van der Waals surface area contributed by atoms with Crippen LogP contribution in [0.3, 0.4) is 0 Å². The van der Waals surface area contributed by atoms with E-state index in [-0.39, 0.29) is 30.3 Å². The molecule has 1 aromatic heterocycles. The number of aromatic nitrogens is 1. The minimum absolute atomic E-state index is 0.226. The topological polar surface area (TPSA) is 94.3 Å². The quantitative estimate of drug-likeness (QED) is 0.367. The van der Waals surface area contributed by atoms with Crippen molar-refractivity contribution < 1.29 is 28.2 Å². The fourth-order valence-electron chi connectivity index (χ4n) is 5.13. The van der Waals surface area contributed by atoms with Gasteiger partial charge >= 0.3 is 5.97 Å². The summed E-state index contributed by atoms with van der Waals surface area (Å²) >= 11 is 0. The van der Waals surface area contributed by atoms with E-state index in [1.54, 1.807) is 11.8 Å². The second kappa shape index (κ2) is 11.9. The Bertz CT molecular complexity index is 1340. The molecule has 0 bridgehead atoms. The van der Waals surface area contributed by atoms with E-state index in [1.807, 2.05) is 18.2 Å². The molecule has 3 aromatic rings. The lowest BCUT2D eigenvalue weighted by atomic mass is 9.98. The van der Waals surface area contributed by atoms with E-state index < -0.39 is 0 Å². The Morgan fingerprint density at radius 2 is 1.92 bits per heavy atom. The summed E-state index contributed by atoms with van der Waals surface area (Å²) in [5, 5.41) is 0. The van der Waals surface area contributed by atoms with Gasteiger partial charge in [-0.25, -0.2) is 4.98 Å². The Balaban J connectivity index is 1.31. The van der Waals surface area contributed by atoms with Gasteiger partial charge in [-0.05, 0) is 62.4 Å². The van der Waals surface area contributed by atoms with E-state index in [4.69, 9.17) is 18.6 Å². The maximum atomic E-state index is 13.2. The maximum Gasteiger partial charge on any atom is 0.310 e. The molecule has 39 heavy (non-hydrogen) atoms. The second-order valence-electron chi connectivity index (χ2n) is 10.2. The first-order valence-corrected chi connectivity index (χ1v) is 13.5. The highest BCUT2D eigenvalue weighted by Gasteiger charge is 2.31. The smallest absolute Gasteiger partial charge is 0.310 e. The normalized spacial score (nSPS) is 16.5. The maximum absolute atomic E-state index is 13.2. The van der Waals surface area contributed by atoms with Crippen LogP contribution in [0.25, 0.3) is 0 Å². The number of fused-ring (bicyclic) bond motifs is 1. The number of piperidine rings is 1. The van der Waals surface area contributed by atoms with Crippen molar-refractivity contribution in [1.82, 2.24) is 14.8 Å². The molecule has 1 fully saturated rings. The van der Waals surface area contributed by atoms with Crippen LogP contribution in [0, 0.1) is 19.8 Å². The molecule has 0 aliphatic carbocycles. The zero-order chi connectivity index (χ0) is 27.4. The zero-order valence-corrected chi connectivity index (χ0v) is 22.8. The standard InChI is InChI=1S/C30H35N3O6/c1-4-36-30(35)23-6-5-11-33(16-23)29(34)25-18-37-28(31-25)17-32(15-24-12-20(2)7-8-21(24)3)14-22-9-10-26-27(13-22)39-19-38-26/h7-10,12-13,18,23H,4-6,11,14-17,19H2,1-3H3/t23-/m0/s1. The Morgan fingerprint density at radius 1 is 1.08 bits per heavy atom. The van der Waals surface area contributed by atoms with Crippen molar-refractivity contribution in [2.75, 3.05) is 26.5 Å². The van der Waals surface area contributed by atoms with Gasteiger partial charge in [-0.3, -0.25) is 14.5 Å². The van der Waals surface area contributed by atoms with Gasteiger partial charge < -0.3 is 23.5 Å². The summed E-state index contributed by atoms with van der Waals surface area (Å²) in [5.74, 6) is 1.17. The van der Waals surface area contributed by atoms with Crippen LogP contribution in [-0.2, 0) is 29.2 Å². The third kappa shape index (κ3) is 6.42. The summed E-state index contributed by atoms with van der Waals surface area (Å²) in [6, 6.07) is 12.4. The number of carbonyl (C=O) groups is 2. The molecule has 9 heteroatoms. The Labute approximate surface area is 228 Å². The molecule has 3 heterocycles. The van der Waals surface area contributed by atoms with Gasteiger partial charge in [0.05, 0.1) is 19.1 Å². The van der Waals surface area contributed by atoms with Crippen molar-refractivity contribution in [3.8, 4) is 11.5 Å². The van der Waals surface area contributed by atoms with Crippen LogP contribution in [0.5, 0.6) is 11.5 Å². The first-order chi connectivity index (χ1) is 18.9. The molecule has 1 atom stereocenters. The van der Waals surface area contributed by atoms with Crippen LogP contribution in [0.15, 0.2) is 47.1 Å². The minimum atomic E-state index is -0.302. The lowest BCUT2D eigenvalue weighted by Crippen LogP contribution is -2.43. The van der Waals surface area contributed by atoms with E-state index in [1.165, 1.54) is 23.0 Å². The van der Waals surface area contributed by atoms with Gasteiger partial charge in [0.15, 0.2) is 17.2 Å². The Hall–Kier alpha value is -3.85.